The summed E-state index contributed by atoms with van der Waals surface area (Å²) in [5.74, 6) is 0.740. The smallest absolute Gasteiger partial charge is 0.434 e. The molecule has 2 amide bonds. The largest absolute Gasteiger partial charge is 0.496 e. The van der Waals surface area contributed by atoms with Gasteiger partial charge in [0.05, 0.1) is 7.11 Å². The van der Waals surface area contributed by atoms with E-state index in [1.54, 1.807) is 18.9 Å². The molecule has 2 aliphatic rings. The molecule has 2 saturated heterocycles. The predicted octanol–water partition coefficient (Wildman–Crippen LogP) is 3.11. The highest BCUT2D eigenvalue weighted by Crippen LogP contribution is 2.36. The lowest BCUT2D eigenvalue weighted by Gasteiger charge is -2.36. The molecule has 0 spiro atoms. The molecular formula is C23H30F6N4O4. The van der Waals surface area contributed by atoms with Crippen LogP contribution < -0.4 is 4.74 Å². The van der Waals surface area contributed by atoms with Gasteiger partial charge in [0.2, 0.25) is 5.91 Å². The number of alkyl halides is 6. The number of benzene rings is 1. The second kappa shape index (κ2) is 11.8. The monoisotopic (exact) mass is 540 g/mol. The van der Waals surface area contributed by atoms with Gasteiger partial charge < -0.3 is 19.3 Å². The van der Waals surface area contributed by atoms with Crippen LogP contribution >= 0.6 is 0 Å². The first-order valence-electron chi connectivity index (χ1n) is 11.7. The fourth-order valence-corrected chi connectivity index (χ4v) is 4.44. The van der Waals surface area contributed by atoms with Gasteiger partial charge in [-0.05, 0) is 0 Å². The number of carbonyl (C=O) groups excluding carboxylic acids is 2. The molecule has 8 nitrogen and oxygen atoms in total. The van der Waals surface area contributed by atoms with E-state index in [0.717, 1.165) is 29.1 Å². The van der Waals surface area contributed by atoms with E-state index in [-0.39, 0.29) is 32.1 Å². The van der Waals surface area contributed by atoms with Crippen LogP contribution in [-0.4, -0.2) is 110 Å². The maximum atomic E-state index is 12.7. The Bertz CT molecular complexity index is 928. The minimum Gasteiger partial charge on any atom is -0.496 e. The van der Waals surface area contributed by atoms with E-state index < -0.39 is 24.5 Å². The second-order valence-corrected chi connectivity index (χ2v) is 9.00. The summed E-state index contributed by atoms with van der Waals surface area (Å²) in [5, 5.41) is 0. The summed E-state index contributed by atoms with van der Waals surface area (Å²) in [6.45, 7) is 5.67. The Morgan fingerprint density at radius 2 is 1.24 bits per heavy atom. The average molecular weight is 541 g/mol. The average Bonchev–Trinajstić information content (AvgIpc) is 2.82. The van der Waals surface area contributed by atoms with Crippen molar-refractivity contribution in [1.29, 1.82) is 0 Å². The first-order chi connectivity index (χ1) is 17.3. The second-order valence-electron chi connectivity index (χ2n) is 9.00. The molecule has 0 atom stereocenters. The highest BCUT2D eigenvalue weighted by Gasteiger charge is 2.60. The number of carbonyl (C=O) groups is 2. The summed E-state index contributed by atoms with van der Waals surface area (Å²) in [6.07, 6.45) is -17.3. The summed E-state index contributed by atoms with van der Waals surface area (Å²) in [6, 6.07) is 5.72. The van der Waals surface area contributed by atoms with Crippen molar-refractivity contribution in [2.75, 3.05) is 59.5 Å². The Balaban J connectivity index is 1.56. The van der Waals surface area contributed by atoms with Crippen molar-refractivity contribution in [2.24, 2.45) is 0 Å². The number of para-hydroxylation sites is 1. The third-order valence-corrected chi connectivity index (χ3v) is 6.43. The van der Waals surface area contributed by atoms with Gasteiger partial charge in [-0.2, -0.15) is 26.3 Å². The first-order valence-corrected chi connectivity index (χ1v) is 11.7. The van der Waals surface area contributed by atoms with Crippen LogP contribution in [0.25, 0.3) is 0 Å². The molecule has 1 aromatic rings. The molecule has 0 unspecified atom stereocenters. The zero-order chi connectivity index (χ0) is 27.4. The molecule has 208 valence electrons. The third kappa shape index (κ3) is 7.63. The van der Waals surface area contributed by atoms with Crippen molar-refractivity contribution in [2.45, 2.75) is 38.5 Å². The SMILES string of the molecule is COc1c(CN2CCN(C(C)=O)CC2)cccc1CN1CCN(C(=O)OC(C(F)(F)F)C(F)(F)F)CC1. The van der Waals surface area contributed by atoms with Gasteiger partial charge in [0.15, 0.2) is 0 Å². The molecule has 0 saturated carbocycles. The van der Waals surface area contributed by atoms with E-state index in [0.29, 0.717) is 31.9 Å². The Morgan fingerprint density at radius 1 is 0.811 bits per heavy atom. The van der Waals surface area contributed by atoms with Crippen LogP contribution in [0.1, 0.15) is 18.1 Å². The molecule has 0 aliphatic carbocycles. The topological polar surface area (TPSA) is 65.6 Å². The number of ether oxygens (including phenoxy) is 2. The highest BCUT2D eigenvalue weighted by atomic mass is 19.4. The molecule has 2 fully saturated rings. The van der Waals surface area contributed by atoms with Crippen molar-refractivity contribution in [3.05, 3.63) is 29.3 Å². The van der Waals surface area contributed by atoms with Crippen molar-refractivity contribution in [1.82, 2.24) is 19.6 Å². The molecule has 1 aromatic carbocycles. The van der Waals surface area contributed by atoms with Crippen molar-refractivity contribution >= 4 is 12.0 Å². The van der Waals surface area contributed by atoms with Crippen molar-refractivity contribution < 1.29 is 45.4 Å². The lowest BCUT2D eigenvalue weighted by molar-refractivity contribution is -0.308. The van der Waals surface area contributed by atoms with Gasteiger partial charge in [0.25, 0.3) is 6.10 Å². The Morgan fingerprint density at radius 3 is 1.62 bits per heavy atom. The summed E-state index contributed by atoms with van der Waals surface area (Å²) < 4.78 is 85.6. The molecule has 0 aromatic heterocycles. The number of halogens is 6. The molecule has 37 heavy (non-hydrogen) atoms. The molecule has 2 aliphatic heterocycles. The van der Waals surface area contributed by atoms with Gasteiger partial charge >= 0.3 is 18.4 Å². The van der Waals surface area contributed by atoms with E-state index in [4.69, 9.17) is 4.74 Å². The van der Waals surface area contributed by atoms with Gasteiger partial charge in [-0.3, -0.25) is 14.6 Å². The Hall–Kier alpha value is -2.74. The normalized spacial score (nSPS) is 18.3. The predicted molar refractivity (Wildman–Crippen MR) is 120 cm³/mol. The quantitative estimate of drug-likeness (QED) is 0.517. The molecule has 0 radical (unpaired) electrons. The van der Waals surface area contributed by atoms with Crippen LogP contribution in [0.4, 0.5) is 31.1 Å². The number of nitrogens with zero attached hydrogens (tertiary/aromatic N) is 4. The molecule has 0 N–H and O–H groups in total. The van der Waals surface area contributed by atoms with Crippen LogP contribution in [0, 0.1) is 0 Å². The fraction of sp³-hybridized carbons (Fsp3) is 0.652. The number of piperazine rings is 2. The van der Waals surface area contributed by atoms with Crippen LogP contribution in [0.5, 0.6) is 5.75 Å². The van der Waals surface area contributed by atoms with Crippen LogP contribution in [0.2, 0.25) is 0 Å². The van der Waals surface area contributed by atoms with Crippen molar-refractivity contribution in [3.8, 4) is 5.75 Å². The molecular weight excluding hydrogens is 510 g/mol. The van der Waals surface area contributed by atoms with Gasteiger partial charge in [-0.25, -0.2) is 4.79 Å². The van der Waals surface area contributed by atoms with E-state index >= 15 is 0 Å². The highest BCUT2D eigenvalue weighted by molar-refractivity contribution is 5.73. The van der Waals surface area contributed by atoms with Gasteiger partial charge in [0.1, 0.15) is 5.75 Å². The van der Waals surface area contributed by atoms with Crippen LogP contribution in [0.3, 0.4) is 0 Å². The molecule has 3 rings (SSSR count). The lowest BCUT2D eigenvalue weighted by Crippen LogP contribution is -2.52. The zero-order valence-corrected chi connectivity index (χ0v) is 20.6. The lowest BCUT2D eigenvalue weighted by atomic mass is 10.1. The number of hydrogen-bond acceptors (Lipinski definition) is 6. The van der Waals surface area contributed by atoms with Gasteiger partial charge in [-0.15, -0.1) is 0 Å². The van der Waals surface area contributed by atoms with Crippen molar-refractivity contribution in [3.63, 3.8) is 0 Å². The fourth-order valence-electron chi connectivity index (χ4n) is 4.44. The van der Waals surface area contributed by atoms with Gasteiger partial charge in [-0.1, -0.05) is 18.2 Å². The van der Waals surface area contributed by atoms with E-state index in [1.807, 2.05) is 23.1 Å². The number of amides is 2. The Labute approximate surface area is 210 Å². The minimum absolute atomic E-state index is 0.0492. The van der Waals surface area contributed by atoms with E-state index in [9.17, 15) is 35.9 Å². The summed E-state index contributed by atoms with van der Waals surface area (Å²) in [4.78, 5) is 30.3. The molecule has 2 heterocycles. The maximum absolute atomic E-state index is 12.7. The van der Waals surface area contributed by atoms with E-state index in [1.165, 1.54) is 0 Å². The molecule has 0 bridgehead atoms. The van der Waals surface area contributed by atoms with Crippen LogP contribution in [-0.2, 0) is 22.6 Å². The van der Waals surface area contributed by atoms with Crippen LogP contribution in [0.15, 0.2) is 18.2 Å². The standard InChI is InChI=1S/C23H30F6N4O4/c1-16(34)32-10-6-30(7-11-32)14-17-4-3-5-18(19(17)36-2)15-31-8-12-33(13-9-31)21(35)37-20(22(24,25)26)23(27,28)29/h3-5,20H,6-15H2,1-2H3. The maximum Gasteiger partial charge on any atom is 0.434 e. The molecule has 14 heteroatoms. The summed E-state index contributed by atoms with van der Waals surface area (Å²) in [5.41, 5.74) is 1.83. The number of methoxy groups -OCH3 is 1. The van der Waals surface area contributed by atoms with Gasteiger partial charge in [0, 0.05) is 83.5 Å². The number of hydrogen-bond donors (Lipinski definition) is 0. The number of rotatable bonds is 6. The first kappa shape index (κ1) is 28.8. The summed E-state index contributed by atoms with van der Waals surface area (Å²) >= 11 is 0. The summed E-state index contributed by atoms with van der Waals surface area (Å²) in [7, 11) is 1.56. The zero-order valence-electron chi connectivity index (χ0n) is 20.6. The third-order valence-electron chi connectivity index (χ3n) is 6.43. The van der Waals surface area contributed by atoms with E-state index in [2.05, 4.69) is 9.64 Å². The Kier molecular flexibility index (Phi) is 9.16. The minimum atomic E-state index is -5.75.